The first-order valence-corrected chi connectivity index (χ1v) is 9.51. The Hall–Kier alpha value is -2.60. The molecular formula is C21H20FNO3S. The number of carboxylic acid groups (broad SMARTS) is 1. The zero-order chi connectivity index (χ0) is 19.6. The summed E-state index contributed by atoms with van der Waals surface area (Å²) in [6, 6.07) is 9.62. The van der Waals surface area contributed by atoms with Gasteiger partial charge in [0.2, 0.25) is 0 Å². The first-order valence-electron chi connectivity index (χ1n) is 8.52. The molecular weight excluding hydrogens is 365 g/mol. The lowest BCUT2D eigenvalue weighted by molar-refractivity contribution is 0.0696. The first kappa shape index (κ1) is 19.2. The Morgan fingerprint density at radius 3 is 2.63 bits per heavy atom. The highest BCUT2D eigenvalue weighted by atomic mass is 32.2. The maximum absolute atomic E-state index is 14.1. The number of rotatable bonds is 4. The van der Waals surface area contributed by atoms with Gasteiger partial charge in [-0.1, -0.05) is 31.1 Å². The van der Waals surface area contributed by atoms with E-state index in [-0.39, 0.29) is 16.5 Å². The van der Waals surface area contributed by atoms with Crippen molar-refractivity contribution in [1.29, 1.82) is 0 Å². The molecule has 1 aliphatic rings. The molecule has 4 nitrogen and oxygen atoms in total. The Labute approximate surface area is 161 Å². The number of halogens is 1. The summed E-state index contributed by atoms with van der Waals surface area (Å²) in [5, 5.41) is 21.7. The van der Waals surface area contributed by atoms with Gasteiger partial charge in [0.1, 0.15) is 11.5 Å². The van der Waals surface area contributed by atoms with Gasteiger partial charge in [0.05, 0.1) is 5.56 Å². The Kier molecular flexibility index (Phi) is 5.37. The number of allylic oxidation sites excluding steroid dienone is 1. The van der Waals surface area contributed by atoms with Gasteiger partial charge in [-0.05, 0) is 59.6 Å². The Balaban J connectivity index is 1.91. The summed E-state index contributed by atoms with van der Waals surface area (Å²) in [4.78, 5) is 12.1. The van der Waals surface area contributed by atoms with Crippen LogP contribution in [-0.4, -0.2) is 27.7 Å². The van der Waals surface area contributed by atoms with Gasteiger partial charge < -0.3 is 10.3 Å². The van der Waals surface area contributed by atoms with Crippen LogP contribution in [0.5, 0.6) is 0 Å². The van der Waals surface area contributed by atoms with Gasteiger partial charge in [0.25, 0.3) is 0 Å². The van der Waals surface area contributed by atoms with Crippen molar-refractivity contribution in [2.45, 2.75) is 30.6 Å². The lowest BCUT2D eigenvalue weighted by Gasteiger charge is -2.32. The van der Waals surface area contributed by atoms with Crippen LogP contribution in [0.15, 0.2) is 52.5 Å². The highest BCUT2D eigenvalue weighted by molar-refractivity contribution is 7.99. The molecule has 0 aromatic heterocycles. The number of oxime groups is 1. The minimum Gasteiger partial charge on any atom is -0.478 e. The third-order valence-electron chi connectivity index (χ3n) is 4.76. The fourth-order valence-electron chi connectivity index (χ4n) is 3.05. The SMILES string of the molecule is CC1(C)CCSc2ccc(C(/C=C\c3ccc(C(=O)O)cc3F)=NO)cc21. The zero-order valence-corrected chi connectivity index (χ0v) is 15.9. The summed E-state index contributed by atoms with van der Waals surface area (Å²) in [7, 11) is 0. The molecule has 2 N–H and O–H groups in total. The van der Waals surface area contributed by atoms with E-state index in [0.717, 1.165) is 23.8 Å². The van der Waals surface area contributed by atoms with Crippen LogP contribution in [0.1, 0.15) is 47.3 Å². The Bertz CT molecular complexity index is 950. The normalized spacial score (nSPS) is 16.3. The Morgan fingerprint density at radius 2 is 1.96 bits per heavy atom. The van der Waals surface area contributed by atoms with Crippen molar-refractivity contribution in [2.75, 3.05) is 5.75 Å². The number of aromatic carboxylic acids is 1. The van der Waals surface area contributed by atoms with Crippen molar-refractivity contribution in [3.63, 3.8) is 0 Å². The molecule has 0 saturated heterocycles. The van der Waals surface area contributed by atoms with Crippen molar-refractivity contribution in [3.05, 3.63) is 70.5 Å². The molecule has 0 radical (unpaired) electrons. The van der Waals surface area contributed by atoms with E-state index in [0.29, 0.717) is 5.71 Å². The Morgan fingerprint density at radius 1 is 1.22 bits per heavy atom. The largest absolute Gasteiger partial charge is 0.478 e. The topological polar surface area (TPSA) is 69.9 Å². The molecule has 3 rings (SSSR count). The summed E-state index contributed by atoms with van der Waals surface area (Å²) < 4.78 is 14.1. The van der Waals surface area contributed by atoms with Gasteiger partial charge >= 0.3 is 5.97 Å². The molecule has 6 heteroatoms. The number of thioether (sulfide) groups is 1. The number of hydrogen-bond donors (Lipinski definition) is 2. The van der Waals surface area contributed by atoms with Gasteiger partial charge in [-0.2, -0.15) is 0 Å². The minimum absolute atomic E-state index is 0.0413. The van der Waals surface area contributed by atoms with Crippen molar-refractivity contribution in [3.8, 4) is 0 Å². The van der Waals surface area contributed by atoms with Crippen LogP contribution in [0.4, 0.5) is 4.39 Å². The molecule has 1 heterocycles. The average molecular weight is 385 g/mol. The molecule has 0 aliphatic carbocycles. The van der Waals surface area contributed by atoms with Crippen molar-refractivity contribution < 1.29 is 19.5 Å². The molecule has 2 aromatic carbocycles. The fourth-order valence-corrected chi connectivity index (χ4v) is 4.53. The van der Waals surface area contributed by atoms with E-state index in [4.69, 9.17) is 5.11 Å². The molecule has 0 spiro atoms. The van der Waals surface area contributed by atoms with Crippen LogP contribution in [0, 0.1) is 5.82 Å². The monoisotopic (exact) mass is 385 g/mol. The number of nitrogens with zero attached hydrogens (tertiary/aromatic N) is 1. The van der Waals surface area contributed by atoms with Gasteiger partial charge in [0.15, 0.2) is 0 Å². The van der Waals surface area contributed by atoms with Crippen molar-refractivity contribution in [1.82, 2.24) is 0 Å². The summed E-state index contributed by atoms with van der Waals surface area (Å²) in [6.07, 6.45) is 4.05. The van der Waals surface area contributed by atoms with Crippen LogP contribution in [-0.2, 0) is 5.41 Å². The van der Waals surface area contributed by atoms with E-state index in [1.54, 1.807) is 0 Å². The van der Waals surface area contributed by atoms with Crippen molar-refractivity contribution in [2.24, 2.45) is 5.16 Å². The molecule has 27 heavy (non-hydrogen) atoms. The molecule has 1 aliphatic heterocycles. The third kappa shape index (κ3) is 4.06. The van der Waals surface area contributed by atoms with Gasteiger partial charge in [-0.15, -0.1) is 11.8 Å². The second kappa shape index (κ2) is 7.56. The van der Waals surface area contributed by atoms with Crippen LogP contribution in [0.25, 0.3) is 6.08 Å². The second-order valence-corrected chi connectivity index (χ2v) is 8.19. The lowest BCUT2D eigenvalue weighted by Crippen LogP contribution is -2.23. The number of benzene rings is 2. The van der Waals surface area contributed by atoms with E-state index in [1.807, 2.05) is 30.0 Å². The molecule has 2 aromatic rings. The fraction of sp³-hybridized carbons (Fsp3) is 0.238. The molecule has 0 saturated carbocycles. The summed E-state index contributed by atoms with van der Waals surface area (Å²) in [5.74, 6) is -0.755. The highest BCUT2D eigenvalue weighted by Crippen LogP contribution is 2.41. The predicted octanol–water partition coefficient (Wildman–Crippen LogP) is 5.19. The summed E-state index contributed by atoms with van der Waals surface area (Å²) >= 11 is 1.82. The van der Waals surface area contributed by atoms with Gasteiger partial charge in [0, 0.05) is 16.0 Å². The van der Waals surface area contributed by atoms with Crippen LogP contribution in [0.2, 0.25) is 0 Å². The maximum atomic E-state index is 14.1. The zero-order valence-electron chi connectivity index (χ0n) is 15.1. The standard InChI is InChI=1S/C21H20FNO3S/c1-21(2)9-10-27-19-8-6-14(11-16(19)21)18(23-26)7-5-13-3-4-15(20(24)25)12-17(13)22/h3-8,11-12,26H,9-10H2,1-2H3,(H,24,25)/b7-5-,23-18?. The molecule has 140 valence electrons. The van der Waals surface area contributed by atoms with Gasteiger partial charge in [-0.3, -0.25) is 0 Å². The van der Waals surface area contributed by atoms with E-state index in [2.05, 4.69) is 19.0 Å². The van der Waals surface area contributed by atoms with E-state index in [9.17, 15) is 14.4 Å². The lowest BCUT2D eigenvalue weighted by atomic mass is 9.81. The van der Waals surface area contributed by atoms with Crippen LogP contribution < -0.4 is 0 Å². The first-order chi connectivity index (χ1) is 12.8. The van der Waals surface area contributed by atoms with Crippen molar-refractivity contribution >= 4 is 29.5 Å². The molecule has 0 unspecified atom stereocenters. The minimum atomic E-state index is -1.18. The summed E-state index contributed by atoms with van der Waals surface area (Å²) in [5.41, 5.74) is 2.41. The van der Waals surface area contributed by atoms with Crippen LogP contribution in [0.3, 0.4) is 0 Å². The van der Waals surface area contributed by atoms with Crippen LogP contribution >= 0.6 is 11.8 Å². The number of fused-ring (bicyclic) bond motifs is 1. The molecule has 0 amide bonds. The summed E-state index contributed by atoms with van der Waals surface area (Å²) in [6.45, 7) is 4.39. The third-order valence-corrected chi connectivity index (χ3v) is 5.84. The van der Waals surface area contributed by atoms with E-state index in [1.165, 1.54) is 34.7 Å². The number of carboxylic acids is 1. The predicted molar refractivity (Wildman–Crippen MR) is 106 cm³/mol. The van der Waals surface area contributed by atoms with E-state index >= 15 is 0 Å². The molecule has 0 fully saturated rings. The van der Waals surface area contributed by atoms with Gasteiger partial charge in [-0.25, -0.2) is 9.18 Å². The maximum Gasteiger partial charge on any atom is 0.335 e. The number of hydrogen-bond acceptors (Lipinski definition) is 4. The smallest absolute Gasteiger partial charge is 0.335 e. The quantitative estimate of drug-likeness (QED) is 0.432. The average Bonchev–Trinajstić information content (AvgIpc) is 2.63. The molecule has 0 bridgehead atoms. The van der Waals surface area contributed by atoms with E-state index < -0.39 is 11.8 Å². The highest BCUT2D eigenvalue weighted by Gasteiger charge is 2.28. The molecule has 0 atom stereocenters. The second-order valence-electron chi connectivity index (χ2n) is 7.05. The number of carbonyl (C=O) groups is 1.